The second kappa shape index (κ2) is 6.38. The minimum atomic E-state index is -0.741. The quantitative estimate of drug-likeness (QED) is 0.827. The van der Waals surface area contributed by atoms with Gasteiger partial charge in [0.25, 0.3) is 0 Å². The maximum absolute atomic E-state index is 11.1. The molecule has 0 fully saturated rings. The normalized spacial score (nSPS) is 21.0. The average Bonchev–Trinajstić information content (AvgIpc) is 2.91. The molecule has 19 heavy (non-hydrogen) atoms. The Morgan fingerprint density at radius 1 is 1.47 bits per heavy atom. The summed E-state index contributed by atoms with van der Waals surface area (Å²) in [7, 11) is 0. The standard InChI is InChI=1S/C15H19NO3/c1-11(13-8-5-9-18-13)14(19-15(16)17)10-12-6-3-2-4-7-12/h2-8,11,13-14H,9-10H2,1H3,(H2,16,17). The summed E-state index contributed by atoms with van der Waals surface area (Å²) < 4.78 is 10.8. The van der Waals surface area contributed by atoms with Gasteiger partial charge in [0.1, 0.15) is 6.10 Å². The van der Waals surface area contributed by atoms with E-state index in [1.165, 1.54) is 0 Å². The molecule has 2 N–H and O–H groups in total. The number of nitrogens with two attached hydrogens (primary N) is 1. The summed E-state index contributed by atoms with van der Waals surface area (Å²) in [4.78, 5) is 11.1. The molecule has 3 atom stereocenters. The molecule has 0 spiro atoms. The molecular weight excluding hydrogens is 242 g/mol. The predicted molar refractivity (Wildman–Crippen MR) is 72.6 cm³/mol. The first-order chi connectivity index (χ1) is 9.16. The van der Waals surface area contributed by atoms with Crippen molar-refractivity contribution in [3.05, 3.63) is 48.0 Å². The van der Waals surface area contributed by atoms with Crippen molar-refractivity contribution >= 4 is 6.09 Å². The Balaban J connectivity index is 2.06. The second-order valence-corrected chi connectivity index (χ2v) is 4.75. The largest absolute Gasteiger partial charge is 0.446 e. The van der Waals surface area contributed by atoms with E-state index in [9.17, 15) is 4.79 Å². The highest BCUT2D eigenvalue weighted by molar-refractivity contribution is 5.64. The van der Waals surface area contributed by atoms with Gasteiger partial charge in [0.05, 0.1) is 12.7 Å². The van der Waals surface area contributed by atoms with Crippen LogP contribution in [0.15, 0.2) is 42.5 Å². The van der Waals surface area contributed by atoms with Gasteiger partial charge < -0.3 is 15.2 Å². The van der Waals surface area contributed by atoms with E-state index in [2.05, 4.69) is 0 Å². The van der Waals surface area contributed by atoms with Gasteiger partial charge in [0, 0.05) is 12.3 Å². The van der Waals surface area contributed by atoms with E-state index in [0.29, 0.717) is 13.0 Å². The summed E-state index contributed by atoms with van der Waals surface area (Å²) in [5.41, 5.74) is 6.28. The van der Waals surface area contributed by atoms with Gasteiger partial charge in [0.15, 0.2) is 0 Å². The summed E-state index contributed by atoms with van der Waals surface area (Å²) >= 11 is 0. The van der Waals surface area contributed by atoms with E-state index in [-0.39, 0.29) is 18.1 Å². The zero-order valence-corrected chi connectivity index (χ0v) is 11.0. The maximum Gasteiger partial charge on any atom is 0.404 e. The molecule has 1 aromatic rings. The topological polar surface area (TPSA) is 61.6 Å². The third-order valence-electron chi connectivity index (χ3n) is 3.36. The average molecular weight is 261 g/mol. The van der Waals surface area contributed by atoms with E-state index in [1.807, 2.05) is 49.4 Å². The first-order valence-corrected chi connectivity index (χ1v) is 6.45. The highest BCUT2D eigenvalue weighted by atomic mass is 16.6. The number of benzene rings is 1. The third-order valence-corrected chi connectivity index (χ3v) is 3.36. The molecule has 1 aliphatic heterocycles. The molecule has 0 saturated carbocycles. The van der Waals surface area contributed by atoms with Gasteiger partial charge in [-0.25, -0.2) is 4.79 Å². The SMILES string of the molecule is CC(C1C=CCO1)C(Cc1ccccc1)OC(N)=O. The third kappa shape index (κ3) is 3.83. The minimum absolute atomic E-state index is 0.0203. The molecule has 3 unspecified atom stereocenters. The van der Waals surface area contributed by atoms with Crippen molar-refractivity contribution < 1.29 is 14.3 Å². The predicted octanol–water partition coefficient (Wildman–Crippen LogP) is 2.28. The van der Waals surface area contributed by atoms with Gasteiger partial charge in [-0.05, 0) is 5.56 Å². The number of hydrogen-bond acceptors (Lipinski definition) is 3. The Labute approximate surface area is 113 Å². The lowest BCUT2D eigenvalue weighted by Crippen LogP contribution is -2.36. The van der Waals surface area contributed by atoms with E-state index in [0.717, 1.165) is 5.56 Å². The molecule has 0 aromatic heterocycles. The summed E-state index contributed by atoms with van der Waals surface area (Å²) in [6.07, 6.45) is 3.58. The van der Waals surface area contributed by atoms with Crippen LogP contribution in [0.5, 0.6) is 0 Å². The van der Waals surface area contributed by atoms with Gasteiger partial charge >= 0.3 is 6.09 Å². The van der Waals surface area contributed by atoms with Crippen LogP contribution < -0.4 is 5.73 Å². The van der Waals surface area contributed by atoms with Crippen molar-refractivity contribution in [3.8, 4) is 0 Å². The van der Waals surface area contributed by atoms with Crippen molar-refractivity contribution in [2.75, 3.05) is 6.61 Å². The lowest BCUT2D eigenvalue weighted by molar-refractivity contribution is 0.00712. The molecule has 1 amide bonds. The van der Waals surface area contributed by atoms with E-state index < -0.39 is 6.09 Å². The fraction of sp³-hybridized carbons (Fsp3) is 0.400. The Morgan fingerprint density at radius 2 is 2.21 bits per heavy atom. The summed E-state index contributed by atoms with van der Waals surface area (Å²) in [6, 6.07) is 9.91. The summed E-state index contributed by atoms with van der Waals surface area (Å²) in [5.74, 6) is 0.0615. The molecule has 102 valence electrons. The van der Waals surface area contributed by atoms with Crippen LogP contribution in [-0.2, 0) is 15.9 Å². The van der Waals surface area contributed by atoms with Gasteiger partial charge in [-0.1, -0.05) is 49.4 Å². The molecule has 4 heteroatoms. The monoisotopic (exact) mass is 261 g/mol. The second-order valence-electron chi connectivity index (χ2n) is 4.75. The molecule has 1 heterocycles. The lowest BCUT2D eigenvalue weighted by atomic mass is 9.93. The van der Waals surface area contributed by atoms with Gasteiger partial charge in [0.2, 0.25) is 0 Å². The summed E-state index contributed by atoms with van der Waals surface area (Å²) in [6.45, 7) is 2.63. The van der Waals surface area contributed by atoms with Crippen LogP contribution in [0.3, 0.4) is 0 Å². The number of amides is 1. The van der Waals surface area contributed by atoms with Crippen LogP contribution >= 0.6 is 0 Å². The first-order valence-electron chi connectivity index (χ1n) is 6.45. The zero-order chi connectivity index (χ0) is 13.7. The van der Waals surface area contributed by atoms with Gasteiger partial charge in [-0.15, -0.1) is 0 Å². The number of hydrogen-bond donors (Lipinski definition) is 1. The first kappa shape index (κ1) is 13.6. The van der Waals surface area contributed by atoms with Crippen molar-refractivity contribution in [3.63, 3.8) is 0 Å². The molecule has 0 saturated heterocycles. The summed E-state index contributed by atoms with van der Waals surface area (Å²) in [5, 5.41) is 0. The van der Waals surface area contributed by atoms with Crippen LogP contribution in [-0.4, -0.2) is 24.9 Å². The number of carbonyl (C=O) groups is 1. The van der Waals surface area contributed by atoms with Crippen LogP contribution in [0.4, 0.5) is 4.79 Å². The molecule has 2 rings (SSSR count). The molecule has 0 aliphatic carbocycles. The van der Waals surface area contributed by atoms with Crippen molar-refractivity contribution in [2.45, 2.75) is 25.6 Å². The molecule has 1 aromatic carbocycles. The molecule has 0 radical (unpaired) electrons. The number of ether oxygens (including phenoxy) is 2. The van der Waals surface area contributed by atoms with Crippen LogP contribution in [0.25, 0.3) is 0 Å². The van der Waals surface area contributed by atoms with Crippen molar-refractivity contribution in [1.82, 2.24) is 0 Å². The van der Waals surface area contributed by atoms with E-state index in [4.69, 9.17) is 15.2 Å². The van der Waals surface area contributed by atoms with Crippen LogP contribution in [0.2, 0.25) is 0 Å². The Bertz CT molecular complexity index is 444. The van der Waals surface area contributed by atoms with E-state index >= 15 is 0 Å². The Morgan fingerprint density at radius 3 is 2.79 bits per heavy atom. The Hall–Kier alpha value is -1.81. The highest BCUT2D eigenvalue weighted by Crippen LogP contribution is 2.22. The highest BCUT2D eigenvalue weighted by Gasteiger charge is 2.29. The zero-order valence-electron chi connectivity index (χ0n) is 11.0. The smallest absolute Gasteiger partial charge is 0.404 e. The molecule has 1 aliphatic rings. The molecule has 0 bridgehead atoms. The van der Waals surface area contributed by atoms with Crippen molar-refractivity contribution in [1.29, 1.82) is 0 Å². The number of carbonyl (C=O) groups excluding carboxylic acids is 1. The minimum Gasteiger partial charge on any atom is -0.446 e. The lowest BCUT2D eigenvalue weighted by Gasteiger charge is -2.27. The fourth-order valence-electron chi connectivity index (χ4n) is 2.28. The number of rotatable bonds is 5. The van der Waals surface area contributed by atoms with Gasteiger partial charge in [-0.3, -0.25) is 0 Å². The van der Waals surface area contributed by atoms with E-state index in [1.54, 1.807) is 0 Å². The Kier molecular flexibility index (Phi) is 4.58. The molecule has 4 nitrogen and oxygen atoms in total. The molecular formula is C15H19NO3. The van der Waals surface area contributed by atoms with Crippen LogP contribution in [0, 0.1) is 5.92 Å². The number of primary amides is 1. The van der Waals surface area contributed by atoms with Crippen LogP contribution in [0.1, 0.15) is 12.5 Å². The van der Waals surface area contributed by atoms with Crippen molar-refractivity contribution in [2.24, 2.45) is 11.7 Å². The maximum atomic E-state index is 11.1. The van der Waals surface area contributed by atoms with Gasteiger partial charge in [-0.2, -0.15) is 0 Å². The fourth-order valence-corrected chi connectivity index (χ4v) is 2.28.